The van der Waals surface area contributed by atoms with E-state index in [1.807, 2.05) is 13.0 Å². The van der Waals surface area contributed by atoms with Gasteiger partial charge in [-0.15, -0.1) is 0 Å². The van der Waals surface area contributed by atoms with E-state index in [0.717, 1.165) is 54.1 Å². The molecule has 1 N–H and O–H groups in total. The van der Waals surface area contributed by atoms with Gasteiger partial charge in [0.1, 0.15) is 11.3 Å². The molecule has 0 bridgehead atoms. The van der Waals surface area contributed by atoms with E-state index in [1.165, 1.54) is 11.1 Å². The van der Waals surface area contributed by atoms with E-state index in [0.29, 0.717) is 0 Å². The van der Waals surface area contributed by atoms with Gasteiger partial charge >= 0.3 is 0 Å². The Morgan fingerprint density at radius 1 is 1.12 bits per heavy atom. The Morgan fingerprint density at radius 2 is 1.88 bits per heavy atom. The van der Waals surface area contributed by atoms with Gasteiger partial charge in [-0.05, 0) is 43.0 Å². The predicted molar refractivity (Wildman–Crippen MR) is 107 cm³/mol. The molecule has 2 heterocycles. The maximum atomic E-state index is 8.90. The van der Waals surface area contributed by atoms with Crippen molar-refractivity contribution in [2.75, 3.05) is 6.61 Å². The lowest BCUT2D eigenvalue weighted by molar-refractivity contribution is 0.343. The Bertz CT molecular complexity index is 907. The van der Waals surface area contributed by atoms with Crippen molar-refractivity contribution in [3.63, 3.8) is 0 Å². The summed E-state index contributed by atoms with van der Waals surface area (Å²) in [6.45, 7) is 7.20. The molecule has 26 heavy (non-hydrogen) atoms. The first-order valence-electron chi connectivity index (χ1n) is 9.32. The average molecular weight is 349 g/mol. The number of aliphatic hydroxyl groups excluding tert-OH is 1. The number of unbranched alkanes of at least 4 members (excludes halogenated alkanes) is 1. The predicted octanol–water partition coefficient (Wildman–Crippen LogP) is 4.44. The Kier molecular flexibility index (Phi) is 5.84. The number of aromatic nitrogens is 3. The van der Waals surface area contributed by atoms with Crippen LogP contribution in [-0.2, 0) is 13.0 Å². The molecule has 0 aliphatic heterocycles. The van der Waals surface area contributed by atoms with Crippen molar-refractivity contribution < 1.29 is 5.11 Å². The van der Waals surface area contributed by atoms with Gasteiger partial charge in [0.2, 0.25) is 0 Å². The van der Waals surface area contributed by atoms with Gasteiger partial charge in [0, 0.05) is 12.1 Å². The SMILES string of the molecule is CCCCc1nc2c(C)cc(C)nc2n1Cc1ccc(/C=C/CO)cc1. The molecule has 4 nitrogen and oxygen atoms in total. The highest BCUT2D eigenvalue weighted by Gasteiger charge is 2.14. The van der Waals surface area contributed by atoms with Crippen molar-refractivity contribution in [1.82, 2.24) is 14.5 Å². The van der Waals surface area contributed by atoms with Crippen LogP contribution in [0.3, 0.4) is 0 Å². The van der Waals surface area contributed by atoms with Crippen LogP contribution in [0, 0.1) is 13.8 Å². The smallest absolute Gasteiger partial charge is 0.160 e. The number of nitrogens with zero attached hydrogens (tertiary/aromatic N) is 3. The van der Waals surface area contributed by atoms with Crippen molar-refractivity contribution in [2.24, 2.45) is 0 Å². The molecule has 0 spiro atoms. The Labute approximate surface area is 155 Å². The topological polar surface area (TPSA) is 50.9 Å². The maximum Gasteiger partial charge on any atom is 0.160 e. The molecule has 2 aromatic heterocycles. The molecule has 0 amide bonds. The summed E-state index contributed by atoms with van der Waals surface area (Å²) in [6, 6.07) is 10.5. The molecule has 0 saturated heterocycles. The third-order valence-corrected chi connectivity index (χ3v) is 4.59. The molecule has 0 aliphatic carbocycles. The summed E-state index contributed by atoms with van der Waals surface area (Å²) < 4.78 is 2.27. The summed E-state index contributed by atoms with van der Waals surface area (Å²) in [6.07, 6.45) is 6.93. The average Bonchev–Trinajstić information content (AvgIpc) is 2.97. The fourth-order valence-corrected chi connectivity index (χ4v) is 3.25. The van der Waals surface area contributed by atoms with Gasteiger partial charge in [-0.1, -0.05) is 49.8 Å². The van der Waals surface area contributed by atoms with Gasteiger partial charge in [0.15, 0.2) is 5.65 Å². The van der Waals surface area contributed by atoms with Crippen LogP contribution in [0.5, 0.6) is 0 Å². The molecule has 3 rings (SSSR count). The lowest BCUT2D eigenvalue weighted by Gasteiger charge is -2.10. The lowest BCUT2D eigenvalue weighted by atomic mass is 10.1. The number of aryl methyl sites for hydroxylation is 3. The summed E-state index contributed by atoms with van der Waals surface area (Å²) in [4.78, 5) is 9.69. The van der Waals surface area contributed by atoms with E-state index in [9.17, 15) is 0 Å². The van der Waals surface area contributed by atoms with Gasteiger partial charge in [-0.25, -0.2) is 9.97 Å². The zero-order chi connectivity index (χ0) is 18.5. The molecule has 136 valence electrons. The molecule has 0 radical (unpaired) electrons. The lowest BCUT2D eigenvalue weighted by Crippen LogP contribution is -2.06. The molecule has 0 unspecified atom stereocenters. The van der Waals surface area contributed by atoms with Crippen molar-refractivity contribution in [3.8, 4) is 0 Å². The van der Waals surface area contributed by atoms with Crippen LogP contribution in [0.2, 0.25) is 0 Å². The number of benzene rings is 1. The fraction of sp³-hybridized carbons (Fsp3) is 0.364. The second-order valence-electron chi connectivity index (χ2n) is 6.80. The molecular formula is C22H27N3O. The summed E-state index contributed by atoms with van der Waals surface area (Å²) in [5.41, 5.74) is 6.54. The molecule has 0 saturated carbocycles. The molecule has 1 aromatic carbocycles. The number of imidazole rings is 1. The van der Waals surface area contributed by atoms with Gasteiger partial charge in [0.25, 0.3) is 0 Å². The number of fused-ring (bicyclic) bond motifs is 1. The zero-order valence-corrected chi connectivity index (χ0v) is 15.9. The fourth-order valence-electron chi connectivity index (χ4n) is 3.25. The van der Waals surface area contributed by atoms with E-state index >= 15 is 0 Å². The standard InChI is InChI=1S/C22H27N3O/c1-4-5-8-20-24-21-16(2)14-17(3)23-22(21)25(20)15-19-11-9-18(10-12-19)7-6-13-26/h6-7,9-12,14,26H,4-5,8,13,15H2,1-3H3/b7-6+. The maximum absolute atomic E-state index is 8.90. The minimum absolute atomic E-state index is 0.0634. The third kappa shape index (κ3) is 4.02. The van der Waals surface area contributed by atoms with Crippen LogP contribution in [-0.4, -0.2) is 26.2 Å². The highest BCUT2D eigenvalue weighted by Crippen LogP contribution is 2.22. The van der Waals surface area contributed by atoms with Crippen molar-refractivity contribution in [2.45, 2.75) is 46.6 Å². The first-order valence-corrected chi connectivity index (χ1v) is 9.32. The van der Waals surface area contributed by atoms with E-state index in [1.54, 1.807) is 6.08 Å². The number of rotatable bonds is 7. The minimum Gasteiger partial charge on any atom is -0.392 e. The van der Waals surface area contributed by atoms with Crippen molar-refractivity contribution >= 4 is 17.2 Å². The molecule has 0 aliphatic rings. The number of hydrogen-bond acceptors (Lipinski definition) is 3. The molecule has 0 atom stereocenters. The van der Waals surface area contributed by atoms with Gasteiger partial charge in [-0.2, -0.15) is 0 Å². The highest BCUT2D eigenvalue weighted by atomic mass is 16.2. The van der Waals surface area contributed by atoms with E-state index in [-0.39, 0.29) is 6.61 Å². The second-order valence-corrected chi connectivity index (χ2v) is 6.80. The molecule has 3 aromatic rings. The van der Waals surface area contributed by atoms with E-state index in [2.05, 4.69) is 48.7 Å². The Balaban J connectivity index is 1.98. The summed E-state index contributed by atoms with van der Waals surface area (Å²) >= 11 is 0. The quantitative estimate of drug-likeness (QED) is 0.686. The van der Waals surface area contributed by atoms with Crippen LogP contribution >= 0.6 is 0 Å². The van der Waals surface area contributed by atoms with Gasteiger partial charge < -0.3 is 9.67 Å². The van der Waals surface area contributed by atoms with Crippen LogP contribution in [0.1, 0.15) is 48.0 Å². The highest BCUT2D eigenvalue weighted by molar-refractivity contribution is 5.76. The van der Waals surface area contributed by atoms with Gasteiger partial charge in [0.05, 0.1) is 13.2 Å². The summed E-state index contributed by atoms with van der Waals surface area (Å²) in [5.74, 6) is 1.12. The first kappa shape index (κ1) is 18.3. The third-order valence-electron chi connectivity index (χ3n) is 4.59. The Morgan fingerprint density at radius 3 is 2.58 bits per heavy atom. The molecular weight excluding hydrogens is 322 g/mol. The summed E-state index contributed by atoms with van der Waals surface area (Å²) in [7, 11) is 0. The first-order chi connectivity index (χ1) is 12.6. The van der Waals surface area contributed by atoms with Crippen molar-refractivity contribution in [3.05, 3.63) is 64.6 Å². The number of aliphatic hydroxyl groups is 1. The largest absolute Gasteiger partial charge is 0.392 e. The molecule has 4 heteroatoms. The van der Waals surface area contributed by atoms with Crippen LogP contribution < -0.4 is 0 Å². The van der Waals surface area contributed by atoms with Crippen LogP contribution in [0.15, 0.2) is 36.4 Å². The number of hydrogen-bond donors (Lipinski definition) is 1. The zero-order valence-electron chi connectivity index (χ0n) is 15.9. The Hall–Kier alpha value is -2.46. The second kappa shape index (κ2) is 8.28. The minimum atomic E-state index is 0.0634. The van der Waals surface area contributed by atoms with Crippen molar-refractivity contribution in [1.29, 1.82) is 0 Å². The molecule has 0 fully saturated rings. The number of pyridine rings is 1. The van der Waals surface area contributed by atoms with E-state index < -0.39 is 0 Å². The van der Waals surface area contributed by atoms with E-state index in [4.69, 9.17) is 15.1 Å². The monoisotopic (exact) mass is 349 g/mol. The summed E-state index contributed by atoms with van der Waals surface area (Å²) in [5, 5.41) is 8.90. The van der Waals surface area contributed by atoms with Crippen LogP contribution in [0.25, 0.3) is 17.2 Å². The van der Waals surface area contributed by atoms with Gasteiger partial charge in [-0.3, -0.25) is 0 Å². The normalized spacial score (nSPS) is 11.7. The van der Waals surface area contributed by atoms with Crippen LogP contribution in [0.4, 0.5) is 0 Å².